The van der Waals surface area contributed by atoms with E-state index in [0.717, 1.165) is 11.1 Å². The number of aromatic nitrogens is 1. The standard InChI is InChI=1S/C13H13ClN2O/c1-8-3-4-11(10(14)7-8)17-13-12(15)9(2)5-6-16-13/h3-7H,15H2,1-2H3. The number of nitrogens with two attached hydrogens (primary N) is 1. The van der Waals surface area contributed by atoms with Gasteiger partial charge in [-0.25, -0.2) is 4.98 Å². The molecule has 17 heavy (non-hydrogen) atoms. The van der Waals surface area contributed by atoms with E-state index in [1.165, 1.54) is 0 Å². The largest absolute Gasteiger partial charge is 0.435 e. The monoisotopic (exact) mass is 248 g/mol. The lowest BCUT2D eigenvalue weighted by atomic mass is 10.2. The lowest BCUT2D eigenvalue weighted by Crippen LogP contribution is -1.97. The summed E-state index contributed by atoms with van der Waals surface area (Å²) in [6, 6.07) is 7.40. The molecule has 4 heteroatoms. The Morgan fingerprint density at radius 2 is 2.00 bits per heavy atom. The molecule has 0 saturated heterocycles. The molecule has 88 valence electrons. The Morgan fingerprint density at radius 3 is 2.71 bits per heavy atom. The van der Waals surface area contributed by atoms with Gasteiger partial charge in [0.05, 0.1) is 10.7 Å². The molecule has 1 aromatic carbocycles. The smallest absolute Gasteiger partial charge is 0.242 e. The van der Waals surface area contributed by atoms with Gasteiger partial charge in [0.15, 0.2) is 0 Å². The van der Waals surface area contributed by atoms with Gasteiger partial charge < -0.3 is 10.5 Å². The number of hydrogen-bond donors (Lipinski definition) is 1. The van der Waals surface area contributed by atoms with Crippen molar-refractivity contribution in [1.29, 1.82) is 0 Å². The highest BCUT2D eigenvalue weighted by molar-refractivity contribution is 6.32. The lowest BCUT2D eigenvalue weighted by molar-refractivity contribution is 0.465. The Morgan fingerprint density at radius 1 is 1.24 bits per heavy atom. The summed E-state index contributed by atoms with van der Waals surface area (Å²) in [5.74, 6) is 0.942. The predicted molar refractivity (Wildman–Crippen MR) is 69.6 cm³/mol. The summed E-state index contributed by atoms with van der Waals surface area (Å²) >= 11 is 6.08. The van der Waals surface area contributed by atoms with Crippen molar-refractivity contribution in [2.75, 3.05) is 5.73 Å². The third kappa shape index (κ3) is 2.50. The van der Waals surface area contributed by atoms with Crippen molar-refractivity contribution < 1.29 is 4.74 Å². The number of ether oxygens (including phenoxy) is 1. The van der Waals surface area contributed by atoms with Gasteiger partial charge in [0.25, 0.3) is 0 Å². The third-order valence-electron chi connectivity index (χ3n) is 2.47. The number of benzene rings is 1. The molecule has 0 aliphatic rings. The molecule has 0 aliphatic carbocycles. The molecule has 2 N–H and O–H groups in total. The van der Waals surface area contributed by atoms with Crippen molar-refractivity contribution in [1.82, 2.24) is 4.98 Å². The molecule has 1 heterocycles. The van der Waals surface area contributed by atoms with Crippen molar-refractivity contribution in [3.63, 3.8) is 0 Å². The zero-order valence-electron chi connectivity index (χ0n) is 9.70. The molecule has 0 spiro atoms. The fourth-order valence-electron chi connectivity index (χ4n) is 1.42. The van der Waals surface area contributed by atoms with Gasteiger partial charge in [-0.3, -0.25) is 0 Å². The van der Waals surface area contributed by atoms with Gasteiger partial charge in [-0.15, -0.1) is 0 Å². The number of halogens is 1. The first-order valence-electron chi connectivity index (χ1n) is 5.23. The molecule has 2 rings (SSSR count). The molecule has 1 aromatic heterocycles. The van der Waals surface area contributed by atoms with Crippen LogP contribution in [0.1, 0.15) is 11.1 Å². The predicted octanol–water partition coefficient (Wildman–Crippen LogP) is 3.73. The molecule has 0 aliphatic heterocycles. The van der Waals surface area contributed by atoms with Crippen LogP contribution in [0.15, 0.2) is 30.5 Å². The van der Waals surface area contributed by atoms with Gasteiger partial charge in [0.2, 0.25) is 5.88 Å². The molecule has 0 fully saturated rings. The lowest BCUT2D eigenvalue weighted by Gasteiger charge is -2.10. The van der Waals surface area contributed by atoms with Crippen molar-refractivity contribution in [3.8, 4) is 11.6 Å². The van der Waals surface area contributed by atoms with Crippen LogP contribution in [0.25, 0.3) is 0 Å². The molecule has 0 atom stereocenters. The number of anilines is 1. The van der Waals surface area contributed by atoms with Crippen molar-refractivity contribution in [3.05, 3.63) is 46.6 Å². The molecule has 0 amide bonds. The first-order valence-corrected chi connectivity index (χ1v) is 5.61. The van der Waals surface area contributed by atoms with E-state index in [1.807, 2.05) is 32.0 Å². The minimum Gasteiger partial charge on any atom is -0.435 e. The summed E-state index contributed by atoms with van der Waals surface area (Å²) in [7, 11) is 0. The third-order valence-corrected chi connectivity index (χ3v) is 2.76. The average Bonchev–Trinajstić information content (AvgIpc) is 2.28. The van der Waals surface area contributed by atoms with Crippen LogP contribution in [-0.2, 0) is 0 Å². The highest BCUT2D eigenvalue weighted by atomic mass is 35.5. The number of aryl methyl sites for hydroxylation is 2. The Kier molecular flexibility index (Phi) is 3.20. The highest BCUT2D eigenvalue weighted by Gasteiger charge is 2.08. The Balaban J connectivity index is 2.35. The average molecular weight is 249 g/mol. The summed E-state index contributed by atoms with van der Waals surface area (Å²) in [5.41, 5.74) is 8.42. The van der Waals surface area contributed by atoms with Crippen LogP contribution in [0, 0.1) is 13.8 Å². The maximum absolute atomic E-state index is 6.08. The van der Waals surface area contributed by atoms with E-state index >= 15 is 0 Å². The second kappa shape index (κ2) is 4.63. The minimum atomic E-state index is 0.385. The summed E-state index contributed by atoms with van der Waals surface area (Å²) in [6.45, 7) is 3.87. The molecule has 0 unspecified atom stereocenters. The fourth-order valence-corrected chi connectivity index (χ4v) is 1.69. The molecular weight excluding hydrogens is 236 g/mol. The van der Waals surface area contributed by atoms with Crippen molar-refractivity contribution in [2.24, 2.45) is 0 Å². The molecule has 0 radical (unpaired) electrons. The van der Waals surface area contributed by atoms with E-state index in [-0.39, 0.29) is 0 Å². The van der Waals surface area contributed by atoms with Gasteiger partial charge >= 0.3 is 0 Å². The summed E-state index contributed by atoms with van der Waals surface area (Å²) < 4.78 is 5.61. The van der Waals surface area contributed by atoms with Crippen LogP contribution < -0.4 is 10.5 Å². The van der Waals surface area contributed by atoms with Crippen LogP contribution in [0.3, 0.4) is 0 Å². The summed E-state index contributed by atoms with van der Waals surface area (Å²) in [4.78, 5) is 4.09. The maximum atomic E-state index is 6.08. The van der Waals surface area contributed by atoms with Gasteiger partial charge in [0, 0.05) is 6.20 Å². The fraction of sp³-hybridized carbons (Fsp3) is 0.154. The first kappa shape index (κ1) is 11.7. The molecule has 2 aromatic rings. The Labute approximate surface area is 105 Å². The van der Waals surface area contributed by atoms with Crippen LogP contribution in [0.4, 0.5) is 5.69 Å². The van der Waals surface area contributed by atoms with Gasteiger partial charge in [-0.05, 0) is 43.2 Å². The van der Waals surface area contributed by atoms with Crippen LogP contribution in [0.2, 0.25) is 5.02 Å². The maximum Gasteiger partial charge on any atom is 0.242 e. The zero-order chi connectivity index (χ0) is 12.4. The topological polar surface area (TPSA) is 48.1 Å². The molecule has 3 nitrogen and oxygen atoms in total. The van der Waals surface area contributed by atoms with Crippen molar-refractivity contribution >= 4 is 17.3 Å². The summed E-state index contributed by atoms with van der Waals surface area (Å²) in [6.07, 6.45) is 1.66. The second-order valence-corrected chi connectivity index (χ2v) is 4.29. The molecule has 0 bridgehead atoms. The highest BCUT2D eigenvalue weighted by Crippen LogP contribution is 2.32. The SMILES string of the molecule is Cc1ccc(Oc2nccc(C)c2N)c(Cl)c1. The van der Waals surface area contributed by atoms with E-state index in [2.05, 4.69) is 4.98 Å². The van der Waals surface area contributed by atoms with E-state index in [0.29, 0.717) is 22.3 Å². The second-order valence-electron chi connectivity index (χ2n) is 3.88. The molecule has 0 saturated carbocycles. The zero-order valence-corrected chi connectivity index (χ0v) is 10.5. The summed E-state index contributed by atoms with van der Waals surface area (Å²) in [5, 5.41) is 0.549. The quantitative estimate of drug-likeness (QED) is 0.881. The van der Waals surface area contributed by atoms with Gasteiger partial charge in [0.1, 0.15) is 5.75 Å². The molecular formula is C13H13ClN2O. The normalized spacial score (nSPS) is 10.3. The Bertz CT molecular complexity index is 555. The van der Waals surface area contributed by atoms with E-state index in [9.17, 15) is 0 Å². The van der Waals surface area contributed by atoms with Gasteiger partial charge in [-0.1, -0.05) is 17.7 Å². The van der Waals surface area contributed by atoms with Crippen LogP contribution in [-0.4, -0.2) is 4.98 Å². The van der Waals surface area contributed by atoms with E-state index in [4.69, 9.17) is 22.1 Å². The van der Waals surface area contributed by atoms with Crippen LogP contribution in [0.5, 0.6) is 11.6 Å². The number of pyridine rings is 1. The minimum absolute atomic E-state index is 0.385. The van der Waals surface area contributed by atoms with E-state index < -0.39 is 0 Å². The number of hydrogen-bond acceptors (Lipinski definition) is 3. The number of rotatable bonds is 2. The van der Waals surface area contributed by atoms with Crippen LogP contribution >= 0.6 is 11.6 Å². The number of nitrogens with zero attached hydrogens (tertiary/aromatic N) is 1. The van der Waals surface area contributed by atoms with E-state index in [1.54, 1.807) is 12.3 Å². The number of nitrogen functional groups attached to an aromatic ring is 1. The van der Waals surface area contributed by atoms with Crippen molar-refractivity contribution in [2.45, 2.75) is 13.8 Å². The Hall–Kier alpha value is -1.74. The first-order chi connectivity index (χ1) is 8.08. The van der Waals surface area contributed by atoms with Gasteiger partial charge in [-0.2, -0.15) is 0 Å².